The largest absolute Gasteiger partial charge is 0.354 e. The average Bonchev–Trinajstić information content (AvgIpc) is 2.68. The van der Waals surface area contributed by atoms with Crippen LogP contribution in [0.2, 0.25) is 0 Å². The summed E-state index contributed by atoms with van der Waals surface area (Å²) < 4.78 is 0. The van der Waals surface area contributed by atoms with E-state index in [0.717, 1.165) is 67.6 Å². The van der Waals surface area contributed by atoms with E-state index in [4.69, 9.17) is 4.98 Å². The highest BCUT2D eigenvalue weighted by atomic mass is 16.2. The quantitative estimate of drug-likeness (QED) is 0.828. The van der Waals surface area contributed by atoms with Gasteiger partial charge in [0.25, 0.3) is 0 Å². The second-order valence-corrected chi connectivity index (χ2v) is 7.54. The highest BCUT2D eigenvalue weighted by Gasteiger charge is 2.28. The molecule has 3 heterocycles. The van der Waals surface area contributed by atoms with Crippen LogP contribution in [0.4, 0.5) is 5.82 Å². The van der Waals surface area contributed by atoms with Crippen LogP contribution in [0.15, 0.2) is 30.3 Å². The SMILES string of the molecule is Cc1nc2c(c(N3CCN(C)CC3)n1)CN(C(=O)Cc1ccccc1)CC2. The summed E-state index contributed by atoms with van der Waals surface area (Å²) in [7, 11) is 2.15. The third kappa shape index (κ3) is 3.95. The molecule has 142 valence electrons. The number of nitrogens with zero attached hydrogens (tertiary/aromatic N) is 5. The van der Waals surface area contributed by atoms with E-state index in [2.05, 4.69) is 21.8 Å². The number of anilines is 1. The number of aryl methyl sites for hydroxylation is 1. The van der Waals surface area contributed by atoms with E-state index in [-0.39, 0.29) is 5.91 Å². The van der Waals surface area contributed by atoms with Gasteiger partial charge in [-0.05, 0) is 19.5 Å². The van der Waals surface area contributed by atoms with Gasteiger partial charge in [-0.25, -0.2) is 9.97 Å². The molecule has 1 saturated heterocycles. The van der Waals surface area contributed by atoms with Crippen molar-refractivity contribution in [3.8, 4) is 0 Å². The van der Waals surface area contributed by atoms with Gasteiger partial charge in [0.2, 0.25) is 5.91 Å². The van der Waals surface area contributed by atoms with Crippen molar-refractivity contribution < 1.29 is 4.79 Å². The van der Waals surface area contributed by atoms with E-state index in [0.29, 0.717) is 13.0 Å². The van der Waals surface area contributed by atoms with Crippen LogP contribution in [0.25, 0.3) is 0 Å². The lowest BCUT2D eigenvalue weighted by Crippen LogP contribution is -2.46. The van der Waals surface area contributed by atoms with Crippen LogP contribution in [-0.4, -0.2) is 65.4 Å². The predicted octanol–water partition coefficient (Wildman–Crippen LogP) is 1.66. The molecule has 2 aliphatic rings. The monoisotopic (exact) mass is 365 g/mol. The molecule has 4 rings (SSSR count). The third-order valence-corrected chi connectivity index (χ3v) is 5.50. The maximum Gasteiger partial charge on any atom is 0.227 e. The summed E-state index contributed by atoms with van der Waals surface area (Å²) in [6, 6.07) is 9.97. The Morgan fingerprint density at radius 3 is 2.52 bits per heavy atom. The van der Waals surface area contributed by atoms with E-state index in [9.17, 15) is 4.79 Å². The standard InChI is InChI=1S/C21H27N5O/c1-16-22-19-8-9-26(20(27)14-17-6-4-3-5-7-17)15-18(19)21(23-16)25-12-10-24(2)11-13-25/h3-7H,8-15H2,1-2H3. The van der Waals surface area contributed by atoms with E-state index in [1.54, 1.807) is 0 Å². The highest BCUT2D eigenvalue weighted by molar-refractivity contribution is 5.79. The molecule has 6 nitrogen and oxygen atoms in total. The number of amides is 1. The van der Waals surface area contributed by atoms with Crippen LogP contribution in [-0.2, 0) is 24.2 Å². The molecule has 6 heteroatoms. The number of carbonyl (C=O) groups is 1. The number of likely N-dealkylation sites (N-methyl/N-ethyl adjacent to an activating group) is 1. The Kier molecular flexibility index (Phi) is 5.07. The highest BCUT2D eigenvalue weighted by Crippen LogP contribution is 2.27. The van der Waals surface area contributed by atoms with Gasteiger partial charge in [-0.2, -0.15) is 0 Å². The summed E-state index contributed by atoms with van der Waals surface area (Å²) in [5.41, 5.74) is 3.31. The maximum atomic E-state index is 12.8. The number of hydrogen-bond acceptors (Lipinski definition) is 5. The van der Waals surface area contributed by atoms with Crippen molar-refractivity contribution >= 4 is 11.7 Å². The Morgan fingerprint density at radius 2 is 1.78 bits per heavy atom. The Balaban J connectivity index is 1.55. The van der Waals surface area contributed by atoms with Gasteiger partial charge in [0.1, 0.15) is 11.6 Å². The molecule has 1 amide bonds. The first-order valence-electron chi connectivity index (χ1n) is 9.72. The number of fused-ring (bicyclic) bond motifs is 1. The Morgan fingerprint density at radius 1 is 1.04 bits per heavy atom. The molecular formula is C21H27N5O. The summed E-state index contributed by atoms with van der Waals surface area (Å²) in [6.07, 6.45) is 1.26. The lowest BCUT2D eigenvalue weighted by molar-refractivity contribution is -0.131. The molecular weight excluding hydrogens is 338 g/mol. The molecule has 2 aliphatic heterocycles. The van der Waals surface area contributed by atoms with Gasteiger partial charge in [-0.3, -0.25) is 4.79 Å². The molecule has 2 aromatic rings. The number of hydrogen-bond donors (Lipinski definition) is 0. The number of carbonyl (C=O) groups excluding carboxylic acids is 1. The fourth-order valence-electron chi connectivity index (χ4n) is 3.89. The summed E-state index contributed by atoms with van der Waals surface area (Å²) in [4.78, 5) is 29.0. The zero-order chi connectivity index (χ0) is 18.8. The van der Waals surface area contributed by atoms with Crippen molar-refractivity contribution in [2.45, 2.75) is 26.3 Å². The third-order valence-electron chi connectivity index (χ3n) is 5.50. The number of piperazine rings is 1. The second-order valence-electron chi connectivity index (χ2n) is 7.54. The minimum absolute atomic E-state index is 0.178. The minimum atomic E-state index is 0.178. The topological polar surface area (TPSA) is 52.6 Å². The lowest BCUT2D eigenvalue weighted by Gasteiger charge is -2.37. The molecule has 0 aliphatic carbocycles. The predicted molar refractivity (Wildman–Crippen MR) is 106 cm³/mol. The molecule has 27 heavy (non-hydrogen) atoms. The van der Waals surface area contributed by atoms with Gasteiger partial charge in [0.15, 0.2) is 0 Å². The van der Waals surface area contributed by atoms with Crippen LogP contribution >= 0.6 is 0 Å². The number of rotatable bonds is 3. The molecule has 0 atom stereocenters. The summed E-state index contributed by atoms with van der Waals surface area (Å²) in [5.74, 6) is 2.03. The van der Waals surface area contributed by atoms with Crippen molar-refractivity contribution in [3.63, 3.8) is 0 Å². The molecule has 0 N–H and O–H groups in total. The molecule has 1 fully saturated rings. The second kappa shape index (κ2) is 7.64. The van der Waals surface area contributed by atoms with E-state index in [1.807, 2.05) is 42.2 Å². The first-order valence-corrected chi connectivity index (χ1v) is 9.72. The van der Waals surface area contributed by atoms with Gasteiger partial charge in [-0.15, -0.1) is 0 Å². The van der Waals surface area contributed by atoms with Crippen LogP contribution in [0.1, 0.15) is 22.6 Å². The normalized spacial score (nSPS) is 17.7. The number of aromatic nitrogens is 2. The van der Waals surface area contributed by atoms with Crippen LogP contribution in [0.5, 0.6) is 0 Å². The summed E-state index contributed by atoms with van der Waals surface area (Å²) >= 11 is 0. The average molecular weight is 365 g/mol. The number of benzene rings is 1. The molecule has 1 aromatic heterocycles. The van der Waals surface area contributed by atoms with Crippen molar-refractivity contribution in [1.29, 1.82) is 0 Å². The van der Waals surface area contributed by atoms with Gasteiger partial charge >= 0.3 is 0 Å². The lowest BCUT2D eigenvalue weighted by atomic mass is 10.0. The molecule has 1 aromatic carbocycles. The van der Waals surface area contributed by atoms with Gasteiger partial charge < -0.3 is 14.7 Å². The van der Waals surface area contributed by atoms with E-state index < -0.39 is 0 Å². The molecule has 0 spiro atoms. The zero-order valence-electron chi connectivity index (χ0n) is 16.2. The maximum absolute atomic E-state index is 12.8. The molecule has 0 bridgehead atoms. The Bertz CT molecular complexity index is 815. The van der Waals surface area contributed by atoms with Gasteiger partial charge in [-0.1, -0.05) is 30.3 Å². The minimum Gasteiger partial charge on any atom is -0.354 e. The zero-order valence-corrected chi connectivity index (χ0v) is 16.2. The van der Waals surface area contributed by atoms with Crippen LogP contribution in [0, 0.1) is 6.92 Å². The van der Waals surface area contributed by atoms with Gasteiger partial charge in [0, 0.05) is 44.7 Å². The van der Waals surface area contributed by atoms with Crippen molar-refractivity contribution in [3.05, 3.63) is 53.0 Å². The van der Waals surface area contributed by atoms with E-state index >= 15 is 0 Å². The van der Waals surface area contributed by atoms with E-state index in [1.165, 1.54) is 0 Å². The van der Waals surface area contributed by atoms with Gasteiger partial charge in [0.05, 0.1) is 18.7 Å². The Labute approximate surface area is 160 Å². The molecule has 0 unspecified atom stereocenters. The van der Waals surface area contributed by atoms with Crippen molar-refractivity contribution in [2.75, 3.05) is 44.7 Å². The van der Waals surface area contributed by atoms with Crippen LogP contribution < -0.4 is 4.90 Å². The summed E-state index contributed by atoms with van der Waals surface area (Å²) in [6.45, 7) is 7.32. The Hall–Kier alpha value is -2.47. The fourth-order valence-corrected chi connectivity index (χ4v) is 3.89. The molecule has 0 radical (unpaired) electrons. The smallest absolute Gasteiger partial charge is 0.227 e. The fraction of sp³-hybridized carbons (Fsp3) is 0.476. The first-order chi connectivity index (χ1) is 13.1. The first kappa shape index (κ1) is 17.9. The molecule has 0 saturated carbocycles. The van der Waals surface area contributed by atoms with Crippen molar-refractivity contribution in [1.82, 2.24) is 19.8 Å². The summed E-state index contributed by atoms with van der Waals surface area (Å²) in [5, 5.41) is 0. The van der Waals surface area contributed by atoms with Crippen LogP contribution in [0.3, 0.4) is 0 Å². The van der Waals surface area contributed by atoms with Crippen molar-refractivity contribution in [2.24, 2.45) is 0 Å².